The van der Waals surface area contributed by atoms with Crippen molar-refractivity contribution in [2.45, 2.75) is 0 Å². The Morgan fingerprint density at radius 1 is 1.00 bits per heavy atom. The van der Waals surface area contributed by atoms with Crippen LogP contribution in [0.15, 0.2) is 55.0 Å². The van der Waals surface area contributed by atoms with Gasteiger partial charge < -0.3 is 4.98 Å². The zero-order chi connectivity index (χ0) is 13.9. The molecule has 6 heteroatoms. The van der Waals surface area contributed by atoms with E-state index in [1.165, 1.54) is 12.1 Å². The van der Waals surface area contributed by atoms with Crippen molar-refractivity contribution in [2.75, 3.05) is 0 Å². The van der Waals surface area contributed by atoms with E-state index in [0.29, 0.717) is 5.82 Å². The molecule has 0 aliphatic heterocycles. The molecule has 1 aromatic carbocycles. The number of imidazole rings is 1. The van der Waals surface area contributed by atoms with Gasteiger partial charge in [0.05, 0.1) is 16.8 Å². The van der Waals surface area contributed by atoms with Crippen molar-refractivity contribution >= 4 is 5.69 Å². The SMILES string of the molecule is O=[N+]([O-])c1ccc(-c2ncc(-c3ccncc3)[nH]2)cc1. The Kier molecular flexibility index (Phi) is 2.96. The molecule has 0 fully saturated rings. The number of non-ortho nitro benzene ring substituents is 1. The van der Waals surface area contributed by atoms with Gasteiger partial charge in [-0.3, -0.25) is 15.1 Å². The molecule has 0 radical (unpaired) electrons. The maximum atomic E-state index is 10.6. The van der Waals surface area contributed by atoms with Crippen LogP contribution in [0.4, 0.5) is 5.69 Å². The van der Waals surface area contributed by atoms with Gasteiger partial charge in [-0.15, -0.1) is 0 Å². The van der Waals surface area contributed by atoms with Crippen LogP contribution in [0.5, 0.6) is 0 Å². The first-order valence-electron chi connectivity index (χ1n) is 5.94. The van der Waals surface area contributed by atoms with Crippen LogP contribution >= 0.6 is 0 Å². The van der Waals surface area contributed by atoms with Crippen molar-refractivity contribution in [1.82, 2.24) is 15.0 Å². The molecule has 0 amide bonds. The van der Waals surface area contributed by atoms with Crippen LogP contribution < -0.4 is 0 Å². The van der Waals surface area contributed by atoms with Gasteiger partial charge >= 0.3 is 0 Å². The zero-order valence-corrected chi connectivity index (χ0v) is 10.4. The van der Waals surface area contributed by atoms with Crippen LogP contribution in [0.2, 0.25) is 0 Å². The number of hydrogen-bond donors (Lipinski definition) is 1. The minimum Gasteiger partial charge on any atom is -0.338 e. The number of H-pyrrole nitrogens is 1. The summed E-state index contributed by atoms with van der Waals surface area (Å²) in [6, 6.07) is 10.0. The highest BCUT2D eigenvalue weighted by Gasteiger charge is 2.08. The fourth-order valence-corrected chi connectivity index (χ4v) is 1.89. The largest absolute Gasteiger partial charge is 0.338 e. The highest BCUT2D eigenvalue weighted by Crippen LogP contribution is 2.23. The van der Waals surface area contributed by atoms with Crippen molar-refractivity contribution in [2.24, 2.45) is 0 Å². The number of benzene rings is 1. The molecule has 98 valence electrons. The van der Waals surface area contributed by atoms with Gasteiger partial charge in [0.1, 0.15) is 5.82 Å². The molecule has 0 unspecified atom stereocenters. The Bertz CT molecular complexity index is 735. The van der Waals surface area contributed by atoms with Crippen LogP contribution in [0.1, 0.15) is 0 Å². The van der Waals surface area contributed by atoms with Gasteiger partial charge in [-0.25, -0.2) is 4.98 Å². The molecule has 0 atom stereocenters. The molecule has 0 aliphatic rings. The van der Waals surface area contributed by atoms with Gasteiger partial charge in [0.25, 0.3) is 5.69 Å². The molecule has 2 heterocycles. The zero-order valence-electron chi connectivity index (χ0n) is 10.4. The summed E-state index contributed by atoms with van der Waals surface area (Å²) in [5, 5.41) is 10.6. The van der Waals surface area contributed by atoms with Gasteiger partial charge in [0, 0.05) is 35.7 Å². The number of aromatic amines is 1. The third kappa shape index (κ3) is 2.26. The minimum atomic E-state index is -0.422. The quantitative estimate of drug-likeness (QED) is 0.583. The fourth-order valence-electron chi connectivity index (χ4n) is 1.89. The lowest BCUT2D eigenvalue weighted by atomic mass is 10.2. The highest BCUT2D eigenvalue weighted by molar-refractivity contribution is 5.64. The van der Waals surface area contributed by atoms with E-state index < -0.39 is 4.92 Å². The molecular weight excluding hydrogens is 256 g/mol. The van der Waals surface area contributed by atoms with Gasteiger partial charge in [-0.05, 0) is 24.3 Å². The van der Waals surface area contributed by atoms with Crippen molar-refractivity contribution in [3.8, 4) is 22.6 Å². The molecular formula is C14H10N4O2. The Morgan fingerprint density at radius 2 is 1.70 bits per heavy atom. The monoisotopic (exact) mass is 266 g/mol. The number of nitrogens with zero attached hydrogens (tertiary/aromatic N) is 3. The number of nitrogens with one attached hydrogen (secondary N) is 1. The molecule has 1 N–H and O–H groups in total. The summed E-state index contributed by atoms with van der Waals surface area (Å²) in [7, 11) is 0. The summed E-state index contributed by atoms with van der Waals surface area (Å²) in [6.07, 6.45) is 5.15. The summed E-state index contributed by atoms with van der Waals surface area (Å²) in [5.41, 5.74) is 2.73. The lowest BCUT2D eigenvalue weighted by molar-refractivity contribution is -0.384. The summed E-state index contributed by atoms with van der Waals surface area (Å²) >= 11 is 0. The van der Waals surface area contributed by atoms with Crippen LogP contribution in [-0.2, 0) is 0 Å². The summed E-state index contributed by atoms with van der Waals surface area (Å²) in [4.78, 5) is 21.6. The van der Waals surface area contributed by atoms with Gasteiger partial charge in [0.15, 0.2) is 0 Å². The van der Waals surface area contributed by atoms with E-state index in [1.807, 2.05) is 12.1 Å². The predicted octanol–water partition coefficient (Wildman–Crippen LogP) is 3.05. The number of aromatic nitrogens is 3. The van der Waals surface area contributed by atoms with Crippen molar-refractivity contribution in [3.63, 3.8) is 0 Å². The molecule has 2 aromatic heterocycles. The molecule has 0 saturated heterocycles. The van der Waals surface area contributed by atoms with Crippen LogP contribution in [-0.4, -0.2) is 19.9 Å². The van der Waals surface area contributed by atoms with Crippen LogP contribution in [0, 0.1) is 10.1 Å². The van der Waals surface area contributed by atoms with Gasteiger partial charge in [-0.2, -0.15) is 0 Å². The molecule has 0 saturated carbocycles. The number of pyridine rings is 1. The van der Waals surface area contributed by atoms with E-state index >= 15 is 0 Å². The second-order valence-corrected chi connectivity index (χ2v) is 4.19. The molecule has 3 rings (SSSR count). The third-order valence-corrected chi connectivity index (χ3v) is 2.92. The second-order valence-electron chi connectivity index (χ2n) is 4.19. The number of nitro groups is 1. The summed E-state index contributed by atoms with van der Waals surface area (Å²) in [5.74, 6) is 0.673. The van der Waals surface area contributed by atoms with E-state index in [-0.39, 0.29) is 5.69 Å². The number of nitro benzene ring substituents is 1. The molecule has 3 aromatic rings. The van der Waals surface area contributed by atoms with Crippen molar-refractivity contribution in [1.29, 1.82) is 0 Å². The van der Waals surface area contributed by atoms with Gasteiger partial charge in [-0.1, -0.05) is 0 Å². The van der Waals surface area contributed by atoms with E-state index in [1.54, 1.807) is 30.7 Å². The number of rotatable bonds is 3. The smallest absolute Gasteiger partial charge is 0.269 e. The Labute approximate surface area is 114 Å². The van der Waals surface area contributed by atoms with Crippen LogP contribution in [0.3, 0.4) is 0 Å². The average Bonchev–Trinajstić information content (AvgIpc) is 2.98. The Hall–Kier alpha value is -3.02. The van der Waals surface area contributed by atoms with Crippen molar-refractivity contribution < 1.29 is 4.92 Å². The molecule has 0 spiro atoms. The number of hydrogen-bond acceptors (Lipinski definition) is 4. The molecule has 6 nitrogen and oxygen atoms in total. The Balaban J connectivity index is 1.92. The lowest BCUT2D eigenvalue weighted by Crippen LogP contribution is -1.87. The first kappa shape index (κ1) is 12.0. The first-order valence-corrected chi connectivity index (χ1v) is 5.94. The standard InChI is InChI=1S/C14H10N4O2/c19-18(20)12-3-1-11(2-4-12)14-16-9-13(17-14)10-5-7-15-8-6-10/h1-9H,(H,16,17). The summed E-state index contributed by atoms with van der Waals surface area (Å²) in [6.45, 7) is 0. The summed E-state index contributed by atoms with van der Waals surface area (Å²) < 4.78 is 0. The third-order valence-electron chi connectivity index (χ3n) is 2.92. The fraction of sp³-hybridized carbons (Fsp3) is 0. The van der Waals surface area contributed by atoms with Crippen LogP contribution in [0.25, 0.3) is 22.6 Å². The normalized spacial score (nSPS) is 10.4. The first-order chi connectivity index (χ1) is 9.74. The topological polar surface area (TPSA) is 84.7 Å². The molecule has 20 heavy (non-hydrogen) atoms. The van der Waals surface area contributed by atoms with Crippen molar-refractivity contribution in [3.05, 3.63) is 65.1 Å². The molecule has 0 aliphatic carbocycles. The van der Waals surface area contributed by atoms with E-state index in [0.717, 1.165) is 16.8 Å². The maximum absolute atomic E-state index is 10.6. The lowest BCUT2D eigenvalue weighted by Gasteiger charge is -1.97. The Morgan fingerprint density at radius 3 is 2.35 bits per heavy atom. The van der Waals surface area contributed by atoms with E-state index in [9.17, 15) is 10.1 Å². The average molecular weight is 266 g/mol. The maximum Gasteiger partial charge on any atom is 0.269 e. The second kappa shape index (κ2) is 4.93. The van der Waals surface area contributed by atoms with E-state index in [4.69, 9.17) is 0 Å². The molecule has 0 bridgehead atoms. The predicted molar refractivity (Wildman–Crippen MR) is 73.9 cm³/mol. The minimum absolute atomic E-state index is 0.0645. The van der Waals surface area contributed by atoms with Gasteiger partial charge in [0.2, 0.25) is 0 Å². The van der Waals surface area contributed by atoms with E-state index in [2.05, 4.69) is 15.0 Å². The highest BCUT2D eigenvalue weighted by atomic mass is 16.6.